The Balaban J connectivity index is 2.39. The van der Waals surface area contributed by atoms with Gasteiger partial charge in [-0.15, -0.1) is 0 Å². The molecule has 0 amide bonds. The minimum absolute atomic E-state index is 0.0137. The summed E-state index contributed by atoms with van der Waals surface area (Å²) in [4.78, 5) is 0. The van der Waals surface area contributed by atoms with E-state index in [-0.39, 0.29) is 28.7 Å². The van der Waals surface area contributed by atoms with Crippen molar-refractivity contribution in [2.45, 2.75) is 0 Å². The van der Waals surface area contributed by atoms with E-state index in [2.05, 4.69) is 0 Å². The monoisotopic (exact) mass is 201 g/mol. The van der Waals surface area contributed by atoms with Gasteiger partial charge in [-0.3, -0.25) is 0 Å². The Hall–Kier alpha value is -1.55. The van der Waals surface area contributed by atoms with Crippen LogP contribution in [0, 0.1) is 0 Å². The summed E-state index contributed by atoms with van der Waals surface area (Å²) in [5, 5.41) is 9.24. The Morgan fingerprint density at radius 1 is 1.31 bits per heavy atom. The smallest absolute Gasteiger partial charge is 0.505 e. The fourth-order valence-corrected chi connectivity index (χ4v) is 2.55. The molecular weight excluding hydrogens is 197 g/mol. The summed E-state index contributed by atoms with van der Waals surface area (Å²) in [6.45, 7) is 0. The van der Waals surface area contributed by atoms with Crippen LogP contribution in [0.15, 0.2) is 6.07 Å². The van der Waals surface area contributed by atoms with Gasteiger partial charge >= 0.3 is 7.82 Å². The highest BCUT2D eigenvalue weighted by Crippen LogP contribution is 2.71. The summed E-state index contributed by atoms with van der Waals surface area (Å²) < 4.78 is 25.8. The summed E-state index contributed by atoms with van der Waals surface area (Å²) in [7, 11) is -3.49. The van der Waals surface area contributed by atoms with Crippen LogP contribution in [0.5, 0.6) is 23.0 Å². The molecule has 2 aliphatic heterocycles. The van der Waals surface area contributed by atoms with Crippen LogP contribution in [-0.4, -0.2) is 5.11 Å². The SMILES string of the molecule is Nc1c(O)cc2c3c1OP(=O)(O2)O3. The summed E-state index contributed by atoms with van der Waals surface area (Å²) in [5.41, 5.74) is 5.46. The number of hydrogen-bond donors (Lipinski definition) is 2. The van der Waals surface area contributed by atoms with E-state index in [4.69, 9.17) is 19.3 Å². The average molecular weight is 201 g/mol. The summed E-state index contributed by atoms with van der Waals surface area (Å²) >= 11 is 0. The van der Waals surface area contributed by atoms with Gasteiger partial charge in [0.2, 0.25) is 11.5 Å². The van der Waals surface area contributed by atoms with Gasteiger partial charge in [0.15, 0.2) is 5.75 Å². The van der Waals surface area contributed by atoms with E-state index in [1.807, 2.05) is 0 Å². The molecule has 2 aliphatic rings. The highest BCUT2D eigenvalue weighted by atomic mass is 31.2. The van der Waals surface area contributed by atoms with Crippen molar-refractivity contribution in [1.29, 1.82) is 0 Å². The second-order valence-corrected chi connectivity index (χ2v) is 4.13. The zero-order chi connectivity index (χ0) is 9.22. The molecule has 0 spiro atoms. The Kier molecular flexibility index (Phi) is 0.902. The summed E-state index contributed by atoms with van der Waals surface area (Å²) in [6, 6.07) is 1.25. The summed E-state index contributed by atoms with van der Waals surface area (Å²) in [6.07, 6.45) is 0. The number of phenols is 1. The molecule has 2 bridgehead atoms. The van der Waals surface area contributed by atoms with Gasteiger partial charge in [-0.05, 0) is 0 Å². The quantitative estimate of drug-likeness (QED) is 0.372. The number of phosphoric ester groups is 1. The third-order valence-corrected chi connectivity index (χ3v) is 3.07. The Morgan fingerprint density at radius 3 is 2.69 bits per heavy atom. The molecule has 13 heavy (non-hydrogen) atoms. The maximum absolute atomic E-state index is 11.4. The van der Waals surface area contributed by atoms with Gasteiger partial charge in [0.05, 0.1) is 0 Å². The molecule has 6 nitrogen and oxygen atoms in total. The number of phenolic OH excluding ortho intramolecular Hbond substituents is 1. The minimum atomic E-state index is -3.49. The van der Waals surface area contributed by atoms with Gasteiger partial charge in [-0.1, -0.05) is 0 Å². The highest BCUT2D eigenvalue weighted by molar-refractivity contribution is 7.50. The number of fused-ring (bicyclic) bond motifs is 1. The topological polar surface area (TPSA) is 91.0 Å². The van der Waals surface area contributed by atoms with Crippen LogP contribution in [0.25, 0.3) is 0 Å². The third kappa shape index (κ3) is 0.667. The van der Waals surface area contributed by atoms with Crippen molar-refractivity contribution in [3.05, 3.63) is 6.07 Å². The van der Waals surface area contributed by atoms with Crippen molar-refractivity contribution in [3.63, 3.8) is 0 Å². The lowest BCUT2D eigenvalue weighted by molar-refractivity contribution is 0.352. The molecule has 0 aromatic heterocycles. The molecular formula is C6H4NO5P. The molecule has 0 aliphatic carbocycles. The molecule has 0 radical (unpaired) electrons. The second kappa shape index (κ2) is 1.70. The predicted octanol–water partition coefficient (Wildman–Crippen LogP) is 1.25. The Morgan fingerprint density at radius 2 is 2.00 bits per heavy atom. The molecule has 7 heteroatoms. The highest BCUT2D eigenvalue weighted by Gasteiger charge is 2.51. The van der Waals surface area contributed by atoms with Crippen LogP contribution in [0.3, 0.4) is 0 Å². The van der Waals surface area contributed by atoms with Crippen molar-refractivity contribution in [3.8, 4) is 23.0 Å². The zero-order valence-corrected chi connectivity index (χ0v) is 7.08. The number of aromatic hydroxyl groups is 1. The Labute approximate surface area is 72.4 Å². The Bertz CT molecular complexity index is 465. The molecule has 1 aromatic rings. The lowest BCUT2D eigenvalue weighted by Crippen LogP contribution is -1.99. The first-order valence-corrected chi connectivity index (χ1v) is 4.89. The maximum Gasteiger partial charge on any atom is 0.647 e. The van der Waals surface area contributed by atoms with Gasteiger partial charge in [0.25, 0.3) is 0 Å². The lowest BCUT2D eigenvalue weighted by atomic mass is 10.2. The normalized spacial score (nSPS) is 26.5. The van der Waals surface area contributed by atoms with Crippen LogP contribution in [0.2, 0.25) is 0 Å². The van der Waals surface area contributed by atoms with Crippen LogP contribution >= 0.6 is 7.82 Å². The third-order valence-electron chi connectivity index (χ3n) is 1.83. The van der Waals surface area contributed by atoms with E-state index in [1.54, 1.807) is 0 Å². The second-order valence-electron chi connectivity index (χ2n) is 2.69. The van der Waals surface area contributed by atoms with Crippen LogP contribution in [0.1, 0.15) is 0 Å². The van der Waals surface area contributed by atoms with Crippen molar-refractivity contribution in [1.82, 2.24) is 0 Å². The zero-order valence-electron chi connectivity index (χ0n) is 6.18. The number of phosphoric acid groups is 1. The van der Waals surface area contributed by atoms with Gasteiger partial charge in [0, 0.05) is 6.07 Å². The number of rotatable bonds is 0. The number of benzene rings is 1. The molecule has 0 saturated carbocycles. The van der Waals surface area contributed by atoms with Crippen molar-refractivity contribution in [2.24, 2.45) is 0 Å². The van der Waals surface area contributed by atoms with E-state index in [0.717, 1.165) is 0 Å². The van der Waals surface area contributed by atoms with Crippen molar-refractivity contribution in [2.75, 3.05) is 5.73 Å². The average Bonchev–Trinajstić information content (AvgIpc) is 2.53. The first-order chi connectivity index (χ1) is 6.09. The molecule has 1 atom stereocenters. The van der Waals surface area contributed by atoms with E-state index in [9.17, 15) is 9.67 Å². The largest absolute Gasteiger partial charge is 0.647 e. The number of hydrogen-bond acceptors (Lipinski definition) is 6. The number of nitrogen functional groups attached to an aromatic ring is 1. The fourth-order valence-electron chi connectivity index (χ4n) is 1.26. The van der Waals surface area contributed by atoms with Crippen molar-refractivity contribution >= 4 is 13.5 Å². The number of anilines is 1. The molecule has 0 fully saturated rings. The van der Waals surface area contributed by atoms with Gasteiger partial charge in [-0.25, -0.2) is 0 Å². The molecule has 0 saturated heterocycles. The maximum atomic E-state index is 11.4. The van der Waals surface area contributed by atoms with Gasteiger partial charge < -0.3 is 24.4 Å². The minimum Gasteiger partial charge on any atom is -0.505 e. The van der Waals surface area contributed by atoms with E-state index >= 15 is 0 Å². The van der Waals surface area contributed by atoms with E-state index in [0.29, 0.717) is 0 Å². The molecule has 68 valence electrons. The van der Waals surface area contributed by atoms with Crippen molar-refractivity contribution < 1.29 is 23.2 Å². The first kappa shape index (κ1) is 6.91. The van der Waals surface area contributed by atoms with Crippen LogP contribution in [0.4, 0.5) is 5.69 Å². The van der Waals surface area contributed by atoms with E-state index in [1.165, 1.54) is 6.07 Å². The molecule has 2 heterocycles. The standard InChI is InChI=1S/C6H4NO5P/c7-4-2(8)1-3-5-6(4)12-13(9,10-3)11-5/h1,8H,7H2. The van der Waals surface area contributed by atoms with E-state index < -0.39 is 7.82 Å². The van der Waals surface area contributed by atoms with Crippen LogP contribution < -0.4 is 19.3 Å². The number of nitrogens with two attached hydrogens (primary N) is 1. The fraction of sp³-hybridized carbons (Fsp3) is 0. The first-order valence-electron chi connectivity index (χ1n) is 3.43. The van der Waals surface area contributed by atoms with Gasteiger partial charge in [0.1, 0.15) is 11.4 Å². The predicted molar refractivity (Wildman–Crippen MR) is 42.0 cm³/mol. The van der Waals surface area contributed by atoms with Crippen LogP contribution in [-0.2, 0) is 4.57 Å². The molecule has 1 unspecified atom stereocenters. The lowest BCUT2D eigenvalue weighted by Gasteiger charge is -2.11. The molecule has 3 rings (SSSR count). The summed E-state index contributed by atoms with van der Waals surface area (Å²) in [5.74, 6) is 0.338. The van der Waals surface area contributed by atoms with Gasteiger partial charge in [-0.2, -0.15) is 4.57 Å². The molecule has 3 N–H and O–H groups in total. The molecule has 1 aromatic carbocycles.